The maximum absolute atomic E-state index is 15.5. The number of piperidine rings is 3. The summed E-state index contributed by atoms with van der Waals surface area (Å²) in [6.45, 7) is 11.1. The van der Waals surface area contributed by atoms with Gasteiger partial charge in [-0.3, -0.25) is 39.2 Å². The zero-order valence-electron chi connectivity index (χ0n) is 33.5. The molecule has 6 heterocycles. The summed E-state index contributed by atoms with van der Waals surface area (Å²) >= 11 is 6.39. The van der Waals surface area contributed by atoms with Gasteiger partial charge < -0.3 is 14.7 Å². The number of benzene rings is 3. The zero-order chi connectivity index (χ0) is 41.0. The molecule has 59 heavy (non-hydrogen) atoms. The number of hydrogen-bond acceptors (Lipinski definition) is 10. The van der Waals surface area contributed by atoms with Gasteiger partial charge in [-0.2, -0.15) is 5.26 Å². The van der Waals surface area contributed by atoms with Crippen LogP contribution in [0.1, 0.15) is 83.7 Å². The largest absolute Gasteiger partial charge is 0.371 e. The summed E-state index contributed by atoms with van der Waals surface area (Å²) in [4.78, 5) is 63.4. The fourth-order valence-electron chi connectivity index (χ4n) is 10.6. The van der Waals surface area contributed by atoms with Gasteiger partial charge in [0.1, 0.15) is 17.9 Å². The van der Waals surface area contributed by atoms with Crippen molar-refractivity contribution in [2.45, 2.75) is 76.5 Å². The van der Waals surface area contributed by atoms with Gasteiger partial charge in [-0.05, 0) is 112 Å². The Kier molecular flexibility index (Phi) is 10.6. The Balaban J connectivity index is 0.730. The summed E-state index contributed by atoms with van der Waals surface area (Å²) in [5.41, 5.74) is 4.88. The van der Waals surface area contributed by atoms with E-state index in [4.69, 9.17) is 11.6 Å². The number of nitrogens with zero attached hydrogens (tertiary/aromatic N) is 7. The molecule has 6 aliphatic heterocycles. The molecular weight excluding hydrogens is 771 g/mol. The Labute approximate surface area is 349 Å². The van der Waals surface area contributed by atoms with Gasteiger partial charge in [-0.25, -0.2) is 4.39 Å². The first-order valence-corrected chi connectivity index (χ1v) is 21.4. The van der Waals surface area contributed by atoms with Gasteiger partial charge >= 0.3 is 0 Å². The van der Waals surface area contributed by atoms with Gasteiger partial charge in [0.2, 0.25) is 11.8 Å². The van der Waals surface area contributed by atoms with Crippen LogP contribution in [0, 0.1) is 22.6 Å². The standard InChI is InChI=1S/C45H50ClFN8O4/c1-29-25-45(28-54(29)34-7-4-31(26-48)37(46)22-34)12-16-51(17-13-45)32-5-2-30(3-6-32)27-50-14-10-33(11-15-50)52-18-20-53(21-19-52)40-24-36-35(23-38(40)47)43(58)55(44(36)59)39-8-9-41(56)49-42(39)57/h2-7,22-24,29,33,39H,8-21,25,27-28H2,1H3,(H,49,56,57)/t29-,39?/m0/s1. The number of amides is 4. The van der Waals surface area contributed by atoms with Crippen molar-refractivity contribution in [2.75, 3.05) is 73.6 Å². The number of imide groups is 2. The van der Waals surface area contributed by atoms with Crippen LogP contribution in [0.25, 0.3) is 0 Å². The summed E-state index contributed by atoms with van der Waals surface area (Å²) in [6.07, 6.45) is 5.71. The molecule has 0 saturated carbocycles. The van der Waals surface area contributed by atoms with E-state index in [1.165, 1.54) is 23.7 Å². The first-order valence-electron chi connectivity index (χ1n) is 21.1. The van der Waals surface area contributed by atoms with Gasteiger partial charge in [0.05, 0.1) is 27.4 Å². The molecule has 1 unspecified atom stereocenters. The SMILES string of the molecule is C[C@H]1CC2(CCN(c3ccc(CN4CCC(N5CCN(c6cc7c(cc6F)C(=O)N(C6CCC(=O)NC6=O)C7=O)CC5)CC4)cc3)CC2)CN1c1ccc(C#N)c(Cl)c1. The van der Waals surface area contributed by atoms with Crippen LogP contribution in [0.15, 0.2) is 54.6 Å². The Hall–Kier alpha value is -5.03. The van der Waals surface area contributed by atoms with Crippen molar-refractivity contribution in [1.29, 1.82) is 5.26 Å². The maximum atomic E-state index is 15.5. The Bertz CT molecular complexity index is 2210. The lowest BCUT2D eigenvalue weighted by Crippen LogP contribution is -2.54. The van der Waals surface area contributed by atoms with E-state index in [0.717, 1.165) is 94.7 Å². The molecule has 12 nitrogen and oxygen atoms in total. The highest BCUT2D eigenvalue weighted by Gasteiger charge is 2.46. The summed E-state index contributed by atoms with van der Waals surface area (Å²) in [5, 5.41) is 12.0. The van der Waals surface area contributed by atoms with Crippen molar-refractivity contribution in [3.63, 3.8) is 0 Å². The fraction of sp³-hybridized carbons (Fsp3) is 0.489. The van der Waals surface area contributed by atoms with Gasteiger partial charge in [0, 0.05) is 82.2 Å². The molecule has 3 aromatic carbocycles. The molecule has 0 bridgehead atoms. The second kappa shape index (κ2) is 15.9. The third-order valence-corrected chi connectivity index (χ3v) is 14.3. The number of carbonyl (C=O) groups is 4. The summed E-state index contributed by atoms with van der Waals surface area (Å²) in [7, 11) is 0. The lowest BCUT2D eigenvalue weighted by molar-refractivity contribution is -0.136. The molecule has 4 amide bonds. The lowest BCUT2D eigenvalue weighted by Gasteiger charge is -2.43. The average molecular weight is 821 g/mol. The normalized spacial score (nSPS) is 24.2. The monoisotopic (exact) mass is 820 g/mol. The van der Waals surface area contributed by atoms with E-state index in [2.05, 4.69) is 62.2 Å². The van der Waals surface area contributed by atoms with Crippen LogP contribution in [0.4, 0.5) is 21.5 Å². The van der Waals surface area contributed by atoms with Crippen LogP contribution in [0.2, 0.25) is 5.02 Å². The fourth-order valence-corrected chi connectivity index (χ4v) is 10.8. The van der Waals surface area contributed by atoms with Gasteiger partial charge in [0.15, 0.2) is 0 Å². The number of likely N-dealkylation sites (tertiary alicyclic amines) is 1. The van der Waals surface area contributed by atoms with Gasteiger partial charge in [-0.1, -0.05) is 23.7 Å². The molecule has 0 aromatic heterocycles. The summed E-state index contributed by atoms with van der Waals surface area (Å²) in [5.74, 6) is -3.02. The highest BCUT2D eigenvalue weighted by Crippen LogP contribution is 2.46. The maximum Gasteiger partial charge on any atom is 0.262 e. The first kappa shape index (κ1) is 39.4. The van der Waals surface area contributed by atoms with Crippen molar-refractivity contribution in [2.24, 2.45) is 5.41 Å². The molecule has 5 saturated heterocycles. The molecule has 14 heteroatoms. The molecule has 6 aliphatic rings. The molecule has 1 spiro atoms. The third-order valence-electron chi connectivity index (χ3n) is 13.9. The summed E-state index contributed by atoms with van der Waals surface area (Å²) < 4.78 is 15.5. The minimum atomic E-state index is -1.08. The molecule has 3 aromatic rings. The molecule has 0 aliphatic carbocycles. The van der Waals surface area contributed by atoms with Crippen molar-refractivity contribution in [3.05, 3.63) is 87.7 Å². The van der Waals surface area contributed by atoms with Crippen LogP contribution in [0.3, 0.4) is 0 Å². The van der Waals surface area contributed by atoms with Crippen LogP contribution < -0.4 is 20.0 Å². The van der Waals surface area contributed by atoms with E-state index in [0.29, 0.717) is 46.9 Å². The minimum absolute atomic E-state index is 0.0303. The Morgan fingerprint density at radius 1 is 0.831 bits per heavy atom. The molecule has 0 radical (unpaired) electrons. The highest BCUT2D eigenvalue weighted by molar-refractivity contribution is 6.32. The van der Waals surface area contributed by atoms with E-state index < -0.39 is 35.5 Å². The van der Waals surface area contributed by atoms with Crippen molar-refractivity contribution in [1.82, 2.24) is 20.0 Å². The predicted molar refractivity (Wildman–Crippen MR) is 223 cm³/mol. The van der Waals surface area contributed by atoms with Crippen molar-refractivity contribution in [3.8, 4) is 6.07 Å². The van der Waals surface area contributed by atoms with Crippen molar-refractivity contribution < 1.29 is 23.6 Å². The predicted octanol–water partition coefficient (Wildman–Crippen LogP) is 5.42. The zero-order valence-corrected chi connectivity index (χ0v) is 34.2. The number of carbonyl (C=O) groups excluding carboxylic acids is 4. The van der Waals surface area contributed by atoms with Gasteiger partial charge in [0.25, 0.3) is 11.8 Å². The van der Waals surface area contributed by atoms with Crippen molar-refractivity contribution >= 4 is 52.3 Å². The van der Waals surface area contributed by atoms with Crippen LogP contribution in [-0.4, -0.2) is 115 Å². The van der Waals surface area contributed by atoms with E-state index in [1.54, 1.807) is 0 Å². The topological polar surface area (TPSA) is 124 Å². The van der Waals surface area contributed by atoms with Crippen LogP contribution in [-0.2, 0) is 16.1 Å². The Morgan fingerprint density at radius 3 is 2.17 bits per heavy atom. The highest BCUT2D eigenvalue weighted by atomic mass is 35.5. The number of fused-ring (bicyclic) bond motifs is 1. The molecule has 308 valence electrons. The second-order valence-electron chi connectivity index (χ2n) is 17.4. The number of halogens is 2. The number of nitriles is 1. The number of nitrogens with one attached hydrogen (secondary N) is 1. The van der Waals surface area contributed by atoms with E-state index >= 15 is 4.39 Å². The molecule has 5 fully saturated rings. The molecule has 9 rings (SSSR count). The Morgan fingerprint density at radius 2 is 1.51 bits per heavy atom. The summed E-state index contributed by atoms with van der Waals surface area (Å²) in [6, 6.07) is 19.5. The lowest BCUT2D eigenvalue weighted by atomic mass is 9.76. The third kappa shape index (κ3) is 7.55. The number of rotatable bonds is 7. The minimum Gasteiger partial charge on any atom is -0.371 e. The number of piperazine rings is 1. The number of anilines is 3. The first-order chi connectivity index (χ1) is 28.5. The van der Waals surface area contributed by atoms with Crippen LogP contribution in [0.5, 0.6) is 0 Å². The molecule has 2 atom stereocenters. The molecular formula is C45H50ClFN8O4. The molecule has 1 N–H and O–H groups in total. The quantitative estimate of drug-likeness (QED) is 0.309. The van der Waals surface area contributed by atoms with E-state index in [-0.39, 0.29) is 24.0 Å². The van der Waals surface area contributed by atoms with E-state index in [1.807, 2.05) is 23.1 Å². The average Bonchev–Trinajstić information content (AvgIpc) is 3.68. The van der Waals surface area contributed by atoms with E-state index in [9.17, 15) is 24.4 Å². The smallest absolute Gasteiger partial charge is 0.262 e. The second-order valence-corrected chi connectivity index (χ2v) is 17.8. The number of hydrogen-bond donors (Lipinski definition) is 1. The van der Waals surface area contributed by atoms with Crippen LogP contribution >= 0.6 is 11.6 Å². The van der Waals surface area contributed by atoms with Gasteiger partial charge in [-0.15, -0.1) is 0 Å².